The lowest BCUT2D eigenvalue weighted by atomic mass is 10.2. The highest BCUT2D eigenvalue weighted by Gasteiger charge is 2.23. The van der Waals surface area contributed by atoms with Crippen molar-refractivity contribution in [1.82, 2.24) is 15.5 Å². The van der Waals surface area contributed by atoms with E-state index in [0.717, 1.165) is 26.3 Å². The minimum absolute atomic E-state index is 0. The molecule has 1 saturated heterocycles. The van der Waals surface area contributed by atoms with Gasteiger partial charge in [0.15, 0.2) is 5.96 Å². The largest absolute Gasteiger partial charge is 0.379 e. The van der Waals surface area contributed by atoms with Gasteiger partial charge in [0.25, 0.3) is 5.69 Å². The Kier molecular flexibility index (Phi) is 9.78. The van der Waals surface area contributed by atoms with Crippen LogP contribution >= 0.6 is 35.3 Å². The second-order valence-corrected chi connectivity index (χ2v) is 7.35. The van der Waals surface area contributed by atoms with E-state index < -0.39 is 0 Å². The lowest BCUT2D eigenvalue weighted by Crippen LogP contribution is -2.46. The number of morpholine rings is 1. The van der Waals surface area contributed by atoms with Gasteiger partial charge in [0.05, 0.1) is 24.2 Å². The number of thiophene rings is 1. The smallest absolute Gasteiger partial charge is 0.274 e. The van der Waals surface area contributed by atoms with E-state index in [4.69, 9.17) is 4.74 Å². The molecule has 1 atom stereocenters. The molecule has 29 heavy (non-hydrogen) atoms. The summed E-state index contributed by atoms with van der Waals surface area (Å²) < 4.78 is 5.48. The van der Waals surface area contributed by atoms with E-state index in [9.17, 15) is 10.1 Å². The van der Waals surface area contributed by atoms with Crippen molar-refractivity contribution in [3.05, 3.63) is 62.3 Å². The summed E-state index contributed by atoms with van der Waals surface area (Å²) in [5.74, 6) is 0.618. The Balaban J connectivity index is 0.00000300. The lowest BCUT2D eigenvalue weighted by molar-refractivity contribution is -0.385. The van der Waals surface area contributed by atoms with Crippen LogP contribution in [0.5, 0.6) is 0 Å². The molecule has 2 N–H and O–H groups in total. The average molecular weight is 531 g/mol. The maximum atomic E-state index is 11.2. The molecule has 1 fully saturated rings. The summed E-state index contributed by atoms with van der Waals surface area (Å²) in [5.41, 5.74) is 0.730. The average Bonchev–Trinajstić information content (AvgIpc) is 3.26. The van der Waals surface area contributed by atoms with E-state index in [-0.39, 0.29) is 40.6 Å². The Morgan fingerprint density at radius 1 is 1.28 bits per heavy atom. The fraction of sp³-hybridized carbons (Fsp3) is 0.421. The van der Waals surface area contributed by atoms with Crippen LogP contribution < -0.4 is 10.6 Å². The second-order valence-electron chi connectivity index (χ2n) is 6.37. The lowest BCUT2D eigenvalue weighted by Gasteiger charge is -2.34. The number of aliphatic imine (C=N–C) groups is 1. The molecule has 3 rings (SSSR count). The number of benzene rings is 1. The number of para-hydroxylation sites is 1. The Labute approximate surface area is 191 Å². The number of nitro groups is 1. The fourth-order valence-electron chi connectivity index (χ4n) is 3.21. The van der Waals surface area contributed by atoms with E-state index in [1.807, 2.05) is 0 Å². The first-order chi connectivity index (χ1) is 13.7. The summed E-state index contributed by atoms with van der Waals surface area (Å²) in [5, 5.41) is 19.8. The molecule has 1 aromatic carbocycles. The van der Waals surface area contributed by atoms with Crippen LogP contribution in [-0.2, 0) is 11.3 Å². The molecule has 1 aliphatic rings. The van der Waals surface area contributed by atoms with Gasteiger partial charge in [-0.15, -0.1) is 35.3 Å². The number of guanidine groups is 1. The Hall–Kier alpha value is -1.76. The van der Waals surface area contributed by atoms with Gasteiger partial charge in [0.1, 0.15) is 0 Å². The highest BCUT2D eigenvalue weighted by molar-refractivity contribution is 14.0. The van der Waals surface area contributed by atoms with Crippen LogP contribution in [-0.4, -0.2) is 55.7 Å². The molecule has 2 aromatic rings. The van der Waals surface area contributed by atoms with Gasteiger partial charge in [0.2, 0.25) is 0 Å². The van der Waals surface area contributed by atoms with Gasteiger partial charge in [-0.25, -0.2) is 0 Å². The first-order valence-corrected chi connectivity index (χ1v) is 10.1. The molecule has 1 aromatic heterocycles. The molecule has 0 spiro atoms. The summed E-state index contributed by atoms with van der Waals surface area (Å²) in [6.45, 7) is 4.30. The maximum absolute atomic E-state index is 11.2. The SMILES string of the molecule is CN=C(NCc1ccccc1[N+](=O)[O-])NCC(c1cccs1)N1CCOCC1.I. The van der Waals surface area contributed by atoms with Crippen molar-refractivity contribution in [2.45, 2.75) is 12.6 Å². The molecule has 1 unspecified atom stereocenters. The van der Waals surface area contributed by atoms with Gasteiger partial charge in [-0.05, 0) is 11.4 Å². The predicted octanol–water partition coefficient (Wildman–Crippen LogP) is 3.01. The zero-order valence-corrected chi connectivity index (χ0v) is 19.4. The normalized spacial score (nSPS) is 16.0. The van der Waals surface area contributed by atoms with Crippen molar-refractivity contribution < 1.29 is 9.66 Å². The van der Waals surface area contributed by atoms with Crippen molar-refractivity contribution in [1.29, 1.82) is 0 Å². The number of halogens is 1. The molecule has 8 nitrogen and oxygen atoms in total. The molecule has 0 aliphatic carbocycles. The first-order valence-electron chi connectivity index (χ1n) is 9.21. The first kappa shape index (κ1) is 23.5. The van der Waals surface area contributed by atoms with Gasteiger partial charge in [-0.1, -0.05) is 24.3 Å². The molecule has 0 saturated carbocycles. The Morgan fingerprint density at radius 3 is 2.69 bits per heavy atom. The van der Waals surface area contributed by atoms with Crippen LogP contribution in [0.1, 0.15) is 16.5 Å². The molecule has 0 radical (unpaired) electrons. The van der Waals surface area contributed by atoms with Crippen molar-refractivity contribution in [3.63, 3.8) is 0 Å². The summed E-state index contributed by atoms with van der Waals surface area (Å²) in [6.07, 6.45) is 0. The number of nitro benzene ring substituents is 1. The van der Waals surface area contributed by atoms with Gasteiger partial charge in [-0.3, -0.25) is 20.0 Å². The molecule has 158 valence electrons. The maximum Gasteiger partial charge on any atom is 0.274 e. The molecule has 2 heterocycles. The number of ether oxygens (including phenoxy) is 1. The van der Waals surface area contributed by atoms with Gasteiger partial charge < -0.3 is 15.4 Å². The second kappa shape index (κ2) is 12.1. The third-order valence-electron chi connectivity index (χ3n) is 4.68. The van der Waals surface area contributed by atoms with Crippen molar-refractivity contribution in [3.8, 4) is 0 Å². The summed E-state index contributed by atoms with van der Waals surface area (Å²) in [7, 11) is 1.70. The number of nitrogens with one attached hydrogen (secondary N) is 2. The standard InChI is InChI=1S/C19H25N5O3S.HI/c1-20-19(21-13-15-5-2-3-6-16(15)24(25)26)22-14-17(18-7-4-12-28-18)23-8-10-27-11-9-23;/h2-7,12,17H,8-11,13-14H2,1H3,(H2,20,21,22);1H. The van der Waals surface area contributed by atoms with E-state index in [0.29, 0.717) is 24.6 Å². The predicted molar refractivity (Wildman–Crippen MR) is 126 cm³/mol. The summed E-state index contributed by atoms with van der Waals surface area (Å²) >= 11 is 1.74. The van der Waals surface area contributed by atoms with Crippen molar-refractivity contribution in [2.75, 3.05) is 39.9 Å². The van der Waals surface area contributed by atoms with Crippen LogP contribution in [0.2, 0.25) is 0 Å². The fourth-order valence-corrected chi connectivity index (χ4v) is 4.07. The Bertz CT molecular complexity index is 797. The zero-order chi connectivity index (χ0) is 19.8. The Morgan fingerprint density at radius 2 is 2.03 bits per heavy atom. The van der Waals surface area contributed by atoms with Crippen molar-refractivity contribution in [2.24, 2.45) is 4.99 Å². The molecular weight excluding hydrogens is 505 g/mol. The van der Waals surface area contributed by atoms with Crippen LogP contribution in [0.3, 0.4) is 0 Å². The van der Waals surface area contributed by atoms with Crippen LogP contribution in [0.25, 0.3) is 0 Å². The minimum Gasteiger partial charge on any atom is -0.379 e. The number of hydrogen-bond acceptors (Lipinski definition) is 6. The van der Waals surface area contributed by atoms with E-state index in [1.54, 1.807) is 36.6 Å². The highest BCUT2D eigenvalue weighted by atomic mass is 127. The topological polar surface area (TPSA) is 92.0 Å². The zero-order valence-electron chi connectivity index (χ0n) is 16.2. The molecule has 10 heteroatoms. The minimum atomic E-state index is -0.363. The third-order valence-corrected chi connectivity index (χ3v) is 5.65. The van der Waals surface area contributed by atoms with Gasteiger partial charge in [-0.2, -0.15) is 0 Å². The van der Waals surface area contributed by atoms with E-state index >= 15 is 0 Å². The summed E-state index contributed by atoms with van der Waals surface area (Å²) in [6, 6.07) is 11.2. The monoisotopic (exact) mass is 531 g/mol. The molecule has 0 amide bonds. The van der Waals surface area contributed by atoms with Gasteiger partial charge in [0, 0.05) is 49.7 Å². The summed E-state index contributed by atoms with van der Waals surface area (Å²) in [4.78, 5) is 18.8. The van der Waals surface area contributed by atoms with E-state index in [1.165, 1.54) is 10.9 Å². The van der Waals surface area contributed by atoms with Gasteiger partial charge >= 0.3 is 0 Å². The van der Waals surface area contributed by atoms with Crippen molar-refractivity contribution >= 4 is 47.0 Å². The number of rotatable bonds is 7. The molecule has 0 bridgehead atoms. The third kappa shape index (κ3) is 6.63. The van der Waals surface area contributed by atoms with Crippen LogP contribution in [0.4, 0.5) is 5.69 Å². The highest BCUT2D eigenvalue weighted by Crippen LogP contribution is 2.25. The van der Waals surface area contributed by atoms with Crippen LogP contribution in [0, 0.1) is 10.1 Å². The molecular formula is C19H26IN5O3S. The number of hydrogen-bond donors (Lipinski definition) is 2. The molecule has 1 aliphatic heterocycles. The van der Waals surface area contributed by atoms with Crippen LogP contribution in [0.15, 0.2) is 46.8 Å². The quantitative estimate of drug-likeness (QED) is 0.188. The number of nitrogens with zero attached hydrogens (tertiary/aromatic N) is 3. The van der Waals surface area contributed by atoms with E-state index in [2.05, 4.69) is 38.0 Å².